The molecule has 0 spiro atoms. The lowest BCUT2D eigenvalue weighted by molar-refractivity contribution is -0.911. The molecular weight excluding hydrogens is 864 g/mol. The van der Waals surface area contributed by atoms with Crippen LogP contribution in [0.5, 0.6) is 5.75 Å². The van der Waals surface area contributed by atoms with Crippen molar-refractivity contribution in [1.82, 2.24) is 19.9 Å². The van der Waals surface area contributed by atoms with E-state index in [-0.39, 0.29) is 104 Å². The zero-order chi connectivity index (χ0) is 44.5. The molecule has 63 heavy (non-hydrogen) atoms. The average Bonchev–Trinajstić information content (AvgIpc) is 3.84. The zero-order valence-corrected chi connectivity index (χ0v) is 36.5. The van der Waals surface area contributed by atoms with Gasteiger partial charge in [0.2, 0.25) is 10.0 Å². The molecule has 1 aromatic heterocycles. The molecule has 1 saturated carbocycles. The third kappa shape index (κ3) is 9.39. The second kappa shape index (κ2) is 18.3. The molecule has 20 heteroatoms. The number of hydrogen-bond donors (Lipinski definition) is 3. The van der Waals surface area contributed by atoms with Crippen molar-refractivity contribution >= 4 is 51.2 Å². The Balaban J connectivity index is 0.822. The third-order valence-corrected chi connectivity index (χ3v) is 15.3. The molecule has 3 amide bonds. The van der Waals surface area contributed by atoms with Crippen LogP contribution < -0.4 is 25.2 Å². The second-order valence-electron chi connectivity index (χ2n) is 17.2. The first-order valence-electron chi connectivity index (χ1n) is 21.4. The van der Waals surface area contributed by atoms with E-state index in [9.17, 15) is 27.9 Å². The van der Waals surface area contributed by atoms with Crippen molar-refractivity contribution in [2.24, 2.45) is 5.92 Å². The number of alkyl halides is 2. The van der Waals surface area contributed by atoms with E-state index in [1.54, 1.807) is 4.90 Å². The fourth-order valence-corrected chi connectivity index (χ4v) is 11.2. The summed E-state index contributed by atoms with van der Waals surface area (Å²) in [4.78, 5) is 45.8. The van der Waals surface area contributed by atoms with Crippen LogP contribution in [0.2, 0.25) is 5.15 Å². The summed E-state index contributed by atoms with van der Waals surface area (Å²) in [5, 5.41) is 15.4. The van der Waals surface area contributed by atoms with Gasteiger partial charge in [-0.15, -0.1) is 0 Å². The molecule has 3 aromatic rings. The number of pyridine rings is 1. The van der Waals surface area contributed by atoms with Gasteiger partial charge in [-0.3, -0.25) is 9.69 Å². The SMILES string of the molecule is C[N+]1(CCNC(=O)OCc2ccccc2)CCC[C@H]1C(=O)NC1CCC(C(F)(F)c2cc(Cl)nc(N3CCN(S(=O)(=O)c4ccc5c(c4)OC[C@@H]4[C@H](CO)OC(=O)N54)CC3)c2)CC1. The monoisotopic (exact) mass is 916 g/mol. The van der Waals surface area contributed by atoms with Gasteiger partial charge < -0.3 is 39.3 Å². The van der Waals surface area contributed by atoms with Crippen LogP contribution in [0.3, 0.4) is 0 Å². The van der Waals surface area contributed by atoms with E-state index in [1.807, 2.05) is 37.4 Å². The predicted octanol–water partition coefficient (Wildman–Crippen LogP) is 4.63. The molecule has 4 fully saturated rings. The van der Waals surface area contributed by atoms with Crippen molar-refractivity contribution in [3.05, 3.63) is 76.9 Å². The van der Waals surface area contributed by atoms with Gasteiger partial charge in [-0.25, -0.2) is 31.8 Å². The molecule has 5 aliphatic rings. The molecule has 2 aromatic carbocycles. The number of ether oxygens (including phenoxy) is 3. The minimum Gasteiger partial charge on any atom is -0.489 e. The Morgan fingerprint density at radius 2 is 1.78 bits per heavy atom. The number of carbonyl (C=O) groups is 3. The molecule has 8 rings (SSSR count). The minimum absolute atomic E-state index is 0.0254. The van der Waals surface area contributed by atoms with Crippen molar-refractivity contribution in [1.29, 1.82) is 0 Å². The van der Waals surface area contributed by atoms with Gasteiger partial charge in [0.05, 0.1) is 43.9 Å². The number of quaternary nitrogens is 1. The second-order valence-corrected chi connectivity index (χ2v) is 19.5. The van der Waals surface area contributed by atoms with Crippen LogP contribution >= 0.6 is 11.6 Å². The molecule has 3 N–H and O–H groups in total. The molecule has 340 valence electrons. The van der Waals surface area contributed by atoms with Gasteiger partial charge in [-0.05, 0) is 55.5 Å². The molecule has 0 radical (unpaired) electrons. The van der Waals surface area contributed by atoms with Gasteiger partial charge in [0.1, 0.15) is 36.0 Å². The van der Waals surface area contributed by atoms with E-state index in [0.29, 0.717) is 42.5 Å². The number of fused-ring (bicyclic) bond motifs is 3. The quantitative estimate of drug-likeness (QED) is 0.161. The Morgan fingerprint density at radius 3 is 2.51 bits per heavy atom. The highest BCUT2D eigenvalue weighted by Gasteiger charge is 2.48. The van der Waals surface area contributed by atoms with Crippen molar-refractivity contribution in [2.75, 3.05) is 75.9 Å². The number of aliphatic hydroxyl groups excluding tert-OH is 1. The normalized spacial score (nSPS) is 26.3. The van der Waals surface area contributed by atoms with Crippen LogP contribution in [0.15, 0.2) is 65.6 Å². The van der Waals surface area contributed by atoms with E-state index < -0.39 is 46.2 Å². The fourth-order valence-electron chi connectivity index (χ4n) is 9.59. The highest BCUT2D eigenvalue weighted by atomic mass is 35.5. The van der Waals surface area contributed by atoms with Gasteiger partial charge in [0, 0.05) is 62.6 Å². The minimum atomic E-state index is -4.01. The molecule has 3 saturated heterocycles. The maximum Gasteiger partial charge on any atom is 0.415 e. The Bertz CT molecular complexity index is 2280. The van der Waals surface area contributed by atoms with E-state index in [1.165, 1.54) is 39.5 Å². The number of nitrogens with one attached hydrogen (secondary N) is 2. The lowest BCUT2D eigenvalue weighted by Gasteiger charge is -2.38. The number of likely N-dealkylation sites (tertiary alicyclic amines) is 1. The number of alkyl carbamates (subject to hydrolysis) is 1. The highest BCUT2D eigenvalue weighted by molar-refractivity contribution is 7.89. The summed E-state index contributed by atoms with van der Waals surface area (Å²) in [7, 11) is -2.00. The summed E-state index contributed by atoms with van der Waals surface area (Å²) in [6.07, 6.45) is 0.799. The molecule has 4 atom stereocenters. The first-order valence-corrected chi connectivity index (χ1v) is 23.3. The summed E-state index contributed by atoms with van der Waals surface area (Å²) in [6.45, 7) is 1.93. The highest BCUT2D eigenvalue weighted by Crippen LogP contribution is 2.45. The molecule has 5 heterocycles. The lowest BCUT2D eigenvalue weighted by atomic mass is 9.80. The van der Waals surface area contributed by atoms with E-state index >= 15 is 8.78 Å². The Labute approximate surface area is 370 Å². The van der Waals surface area contributed by atoms with Gasteiger partial charge in [0.15, 0.2) is 12.1 Å². The molecular formula is C43H53ClF2N7O9S+. The van der Waals surface area contributed by atoms with Crippen LogP contribution in [0.4, 0.5) is 29.9 Å². The van der Waals surface area contributed by atoms with Crippen LogP contribution in [0.25, 0.3) is 0 Å². The topological polar surface area (TPSA) is 180 Å². The zero-order valence-electron chi connectivity index (χ0n) is 35.0. The van der Waals surface area contributed by atoms with E-state index in [2.05, 4.69) is 15.6 Å². The summed E-state index contributed by atoms with van der Waals surface area (Å²) in [6, 6.07) is 15.1. The van der Waals surface area contributed by atoms with Crippen molar-refractivity contribution in [3.8, 4) is 5.75 Å². The van der Waals surface area contributed by atoms with Gasteiger partial charge in [-0.2, -0.15) is 4.31 Å². The Morgan fingerprint density at radius 1 is 1.03 bits per heavy atom. The Hall–Kier alpha value is -4.82. The number of amides is 3. The molecule has 0 bridgehead atoms. The number of halogens is 3. The lowest BCUT2D eigenvalue weighted by Crippen LogP contribution is -2.58. The number of sulfonamides is 1. The largest absolute Gasteiger partial charge is 0.489 e. The van der Waals surface area contributed by atoms with Crippen LogP contribution in [-0.4, -0.2) is 136 Å². The number of hydrogen-bond acceptors (Lipinski definition) is 11. The maximum absolute atomic E-state index is 16.3. The number of rotatable bonds is 13. The number of aliphatic hydroxyl groups is 1. The number of nitrogens with zero attached hydrogens (tertiary/aromatic N) is 5. The number of piperazine rings is 1. The molecule has 1 aliphatic carbocycles. The van der Waals surface area contributed by atoms with E-state index in [4.69, 9.17) is 25.8 Å². The van der Waals surface area contributed by atoms with E-state index in [0.717, 1.165) is 18.5 Å². The smallest absolute Gasteiger partial charge is 0.415 e. The van der Waals surface area contributed by atoms with Gasteiger partial charge in [-0.1, -0.05) is 41.9 Å². The van der Waals surface area contributed by atoms with Gasteiger partial charge in [0.25, 0.3) is 11.8 Å². The standard InChI is InChI=1S/C43H52ClF2N7O9S/c1-53(21-15-47-41(56)61-26-28-6-3-2-4-7-28)20-5-8-35(53)40(55)48-31-11-9-29(10-12-31)43(45,46)30-22-38(44)49-39(23-30)50-16-18-51(19-17-50)63(58,59)32-13-14-33-36(24-32)60-27-34-37(25-54)62-42(57)52(33)34/h2-4,6-7,13-14,22-24,29,31,34-35,37,54H,5,8-12,15-21,25-27H2,1H3,(H-,47,48,55,56)/p+1/t29?,31?,34-,35+,37+,53?/m1/s1. The number of benzene rings is 2. The first-order chi connectivity index (χ1) is 30.2. The number of anilines is 2. The summed E-state index contributed by atoms with van der Waals surface area (Å²) in [5.41, 5.74) is 0.968. The summed E-state index contributed by atoms with van der Waals surface area (Å²) >= 11 is 6.35. The number of carbonyl (C=O) groups excluding carboxylic acids is 3. The van der Waals surface area contributed by atoms with Gasteiger partial charge >= 0.3 is 12.2 Å². The average molecular weight is 917 g/mol. The van der Waals surface area contributed by atoms with Crippen molar-refractivity contribution in [2.45, 2.75) is 80.2 Å². The van der Waals surface area contributed by atoms with Crippen LogP contribution in [0.1, 0.15) is 49.7 Å². The van der Waals surface area contributed by atoms with Crippen LogP contribution in [-0.2, 0) is 36.8 Å². The summed E-state index contributed by atoms with van der Waals surface area (Å²) in [5.74, 6) is -3.90. The first kappa shape index (κ1) is 44.8. The number of cyclic esters (lactones) is 1. The fraction of sp³-hybridized carbons (Fsp3) is 0.535. The molecule has 16 nitrogen and oxygen atoms in total. The van der Waals surface area contributed by atoms with Crippen LogP contribution in [0, 0.1) is 5.92 Å². The summed E-state index contributed by atoms with van der Waals surface area (Å²) < 4.78 is 78.2. The number of aromatic nitrogens is 1. The van der Waals surface area contributed by atoms with Crippen molar-refractivity contribution in [3.63, 3.8) is 0 Å². The maximum atomic E-state index is 16.3. The van der Waals surface area contributed by atoms with Crippen molar-refractivity contribution < 1.29 is 55.4 Å². The molecule has 4 aliphatic heterocycles. The molecule has 1 unspecified atom stereocenters. The number of likely N-dealkylation sites (N-methyl/N-ethyl adjacent to an activating group) is 1. The Kier molecular flexibility index (Phi) is 13.0. The predicted molar refractivity (Wildman–Crippen MR) is 227 cm³/mol. The third-order valence-electron chi connectivity index (χ3n) is 13.2.